The lowest BCUT2D eigenvalue weighted by atomic mass is 9.76. The summed E-state index contributed by atoms with van der Waals surface area (Å²) in [5, 5.41) is 0. The molecule has 1 atom stereocenters. The van der Waals surface area contributed by atoms with Crippen LogP contribution in [0.4, 0.5) is 0 Å². The summed E-state index contributed by atoms with van der Waals surface area (Å²) in [7, 11) is 0. The maximum Gasteiger partial charge on any atom is 0.306 e. The summed E-state index contributed by atoms with van der Waals surface area (Å²) in [6, 6.07) is 8.29. The van der Waals surface area contributed by atoms with Gasteiger partial charge in [0.1, 0.15) is 0 Å². The van der Waals surface area contributed by atoms with Crippen molar-refractivity contribution in [3.63, 3.8) is 0 Å². The lowest BCUT2D eigenvalue weighted by Crippen LogP contribution is -2.21. The molecule has 2 heteroatoms. The van der Waals surface area contributed by atoms with Gasteiger partial charge in [-0.1, -0.05) is 24.3 Å². The number of carbonyl (C=O) groups is 1. The molecule has 0 spiro atoms. The highest BCUT2D eigenvalue weighted by Gasteiger charge is 2.27. The topological polar surface area (TPSA) is 26.3 Å². The molecule has 0 aliphatic heterocycles. The lowest BCUT2D eigenvalue weighted by molar-refractivity contribution is -0.143. The zero-order valence-electron chi connectivity index (χ0n) is 8.32. The van der Waals surface area contributed by atoms with E-state index < -0.39 is 0 Å². The first-order valence-electron chi connectivity index (χ1n) is 5.04. The molecular weight excluding hydrogens is 176 g/mol. The van der Waals surface area contributed by atoms with Crippen LogP contribution in [0.5, 0.6) is 0 Å². The third-order valence-corrected chi connectivity index (χ3v) is 2.68. The molecule has 1 aliphatic carbocycles. The molecule has 2 nitrogen and oxygen atoms in total. The average molecular weight is 190 g/mol. The molecule has 0 fully saturated rings. The van der Waals surface area contributed by atoms with Crippen molar-refractivity contribution in [2.24, 2.45) is 0 Å². The zero-order chi connectivity index (χ0) is 9.97. The summed E-state index contributed by atoms with van der Waals surface area (Å²) in [5.74, 6) is 0.317. The Morgan fingerprint density at radius 1 is 1.50 bits per heavy atom. The first-order valence-corrected chi connectivity index (χ1v) is 5.04. The van der Waals surface area contributed by atoms with Crippen molar-refractivity contribution < 1.29 is 9.53 Å². The van der Waals surface area contributed by atoms with Crippen molar-refractivity contribution in [1.29, 1.82) is 0 Å². The minimum atomic E-state index is -0.0768. The van der Waals surface area contributed by atoms with Crippen LogP contribution >= 0.6 is 0 Å². The minimum Gasteiger partial charge on any atom is -0.466 e. The van der Waals surface area contributed by atoms with Crippen LogP contribution in [0.25, 0.3) is 0 Å². The van der Waals surface area contributed by atoms with Crippen molar-refractivity contribution in [2.75, 3.05) is 6.61 Å². The van der Waals surface area contributed by atoms with Gasteiger partial charge in [-0.3, -0.25) is 4.79 Å². The summed E-state index contributed by atoms with van der Waals surface area (Å²) >= 11 is 0. The molecule has 74 valence electrons. The van der Waals surface area contributed by atoms with Gasteiger partial charge in [0.2, 0.25) is 0 Å². The maximum absolute atomic E-state index is 11.2. The van der Waals surface area contributed by atoms with Crippen LogP contribution in [0.2, 0.25) is 0 Å². The van der Waals surface area contributed by atoms with E-state index >= 15 is 0 Å². The van der Waals surface area contributed by atoms with Gasteiger partial charge in [-0.2, -0.15) is 0 Å². The van der Waals surface area contributed by atoms with Gasteiger partial charge >= 0.3 is 5.97 Å². The predicted octanol–water partition coefficient (Wildman–Crippen LogP) is 2.28. The van der Waals surface area contributed by atoms with Crippen LogP contribution < -0.4 is 0 Å². The van der Waals surface area contributed by atoms with Gasteiger partial charge in [-0.25, -0.2) is 0 Å². The standard InChI is InChI=1S/C12H14O2/c1-2-14-12(13)8-10-7-9-5-3-4-6-11(9)10/h3-6,10H,2,7-8H2,1H3. The van der Waals surface area contributed by atoms with Gasteiger partial charge in [0.15, 0.2) is 0 Å². The molecule has 1 unspecified atom stereocenters. The number of fused-ring (bicyclic) bond motifs is 1. The van der Waals surface area contributed by atoms with Gasteiger partial charge in [0.25, 0.3) is 0 Å². The molecule has 14 heavy (non-hydrogen) atoms. The number of benzene rings is 1. The van der Waals surface area contributed by atoms with E-state index in [-0.39, 0.29) is 5.97 Å². The Morgan fingerprint density at radius 3 is 3.00 bits per heavy atom. The van der Waals surface area contributed by atoms with Gasteiger partial charge in [-0.15, -0.1) is 0 Å². The van der Waals surface area contributed by atoms with E-state index in [9.17, 15) is 4.79 Å². The Balaban J connectivity index is 1.96. The number of hydrogen-bond donors (Lipinski definition) is 0. The van der Waals surface area contributed by atoms with Gasteiger partial charge in [0.05, 0.1) is 13.0 Å². The van der Waals surface area contributed by atoms with E-state index in [4.69, 9.17) is 4.74 Å². The molecule has 0 heterocycles. The van der Waals surface area contributed by atoms with E-state index in [0.29, 0.717) is 18.9 Å². The molecular formula is C12H14O2. The molecule has 0 saturated carbocycles. The van der Waals surface area contributed by atoms with Crippen molar-refractivity contribution in [2.45, 2.75) is 25.7 Å². The summed E-state index contributed by atoms with van der Waals surface area (Å²) in [6.07, 6.45) is 1.56. The second kappa shape index (κ2) is 3.82. The molecule has 0 bridgehead atoms. The number of carbonyl (C=O) groups excluding carboxylic acids is 1. The maximum atomic E-state index is 11.2. The highest BCUT2D eigenvalue weighted by Crippen LogP contribution is 2.37. The molecule has 0 amide bonds. The lowest BCUT2D eigenvalue weighted by Gasteiger charge is -2.29. The van der Waals surface area contributed by atoms with E-state index in [1.807, 2.05) is 19.1 Å². The van der Waals surface area contributed by atoms with E-state index in [1.165, 1.54) is 11.1 Å². The SMILES string of the molecule is CCOC(=O)CC1Cc2ccccc21. The van der Waals surface area contributed by atoms with Crippen molar-refractivity contribution in [3.8, 4) is 0 Å². The number of esters is 1. The molecule has 1 aromatic carbocycles. The highest BCUT2D eigenvalue weighted by atomic mass is 16.5. The van der Waals surface area contributed by atoms with E-state index in [1.54, 1.807) is 0 Å². The van der Waals surface area contributed by atoms with E-state index in [0.717, 1.165) is 6.42 Å². The van der Waals surface area contributed by atoms with Gasteiger partial charge in [0, 0.05) is 0 Å². The first kappa shape index (κ1) is 9.25. The van der Waals surface area contributed by atoms with Crippen LogP contribution in [0.15, 0.2) is 24.3 Å². The zero-order valence-corrected chi connectivity index (χ0v) is 8.32. The van der Waals surface area contributed by atoms with Crippen molar-refractivity contribution >= 4 is 5.97 Å². The van der Waals surface area contributed by atoms with Crippen LogP contribution in [0.1, 0.15) is 30.4 Å². The third kappa shape index (κ3) is 1.65. The predicted molar refractivity (Wildman–Crippen MR) is 54.1 cm³/mol. The fourth-order valence-electron chi connectivity index (χ4n) is 1.97. The Labute approximate surface area is 83.9 Å². The summed E-state index contributed by atoms with van der Waals surface area (Å²) in [4.78, 5) is 11.2. The molecule has 0 N–H and O–H groups in total. The van der Waals surface area contributed by atoms with Gasteiger partial charge in [-0.05, 0) is 30.4 Å². The summed E-state index contributed by atoms with van der Waals surface area (Å²) in [6.45, 7) is 2.32. The molecule has 1 aromatic rings. The van der Waals surface area contributed by atoms with Crippen molar-refractivity contribution in [1.82, 2.24) is 0 Å². The number of rotatable bonds is 3. The summed E-state index contributed by atoms with van der Waals surface area (Å²) in [5.41, 5.74) is 2.70. The smallest absolute Gasteiger partial charge is 0.306 e. The Bertz CT molecular complexity index is 344. The molecule has 0 radical (unpaired) electrons. The van der Waals surface area contributed by atoms with Crippen LogP contribution in [0.3, 0.4) is 0 Å². The van der Waals surface area contributed by atoms with Gasteiger partial charge < -0.3 is 4.74 Å². The summed E-state index contributed by atoms with van der Waals surface area (Å²) < 4.78 is 4.92. The average Bonchev–Trinajstić information content (AvgIpc) is 2.15. The molecule has 1 aliphatic rings. The number of hydrogen-bond acceptors (Lipinski definition) is 2. The second-order valence-electron chi connectivity index (χ2n) is 3.61. The monoisotopic (exact) mass is 190 g/mol. The van der Waals surface area contributed by atoms with Crippen molar-refractivity contribution in [3.05, 3.63) is 35.4 Å². The third-order valence-electron chi connectivity index (χ3n) is 2.68. The quantitative estimate of drug-likeness (QED) is 0.683. The molecule has 0 aromatic heterocycles. The van der Waals surface area contributed by atoms with Crippen LogP contribution in [-0.2, 0) is 16.0 Å². The fraction of sp³-hybridized carbons (Fsp3) is 0.417. The largest absolute Gasteiger partial charge is 0.466 e. The normalized spacial score (nSPS) is 18.2. The fourth-order valence-corrected chi connectivity index (χ4v) is 1.97. The van der Waals surface area contributed by atoms with Crippen LogP contribution in [0, 0.1) is 0 Å². The molecule has 2 rings (SSSR count). The second-order valence-corrected chi connectivity index (χ2v) is 3.61. The van der Waals surface area contributed by atoms with Crippen LogP contribution in [-0.4, -0.2) is 12.6 Å². The van der Waals surface area contributed by atoms with E-state index in [2.05, 4.69) is 12.1 Å². The Hall–Kier alpha value is -1.31. The Morgan fingerprint density at radius 2 is 2.29 bits per heavy atom. The molecule has 0 saturated heterocycles. The Kier molecular flexibility index (Phi) is 2.53. The first-order chi connectivity index (χ1) is 6.81. The number of ether oxygens (including phenoxy) is 1. The minimum absolute atomic E-state index is 0.0768. The highest BCUT2D eigenvalue weighted by molar-refractivity contribution is 5.71.